The zero-order chi connectivity index (χ0) is 22.7. The SMILES string of the molecule is CCN1C(=O)/C(=C/c2ccc(-c3ccc(OC)cc3[N+](=O)[O-])o2)SC1=Nc1ccccc1. The third-order valence-electron chi connectivity index (χ3n) is 4.75. The number of benzene rings is 2. The van der Waals surface area contributed by atoms with E-state index in [1.54, 1.807) is 35.2 Å². The van der Waals surface area contributed by atoms with Crippen molar-refractivity contribution in [3.05, 3.63) is 81.4 Å². The van der Waals surface area contributed by atoms with Crippen molar-refractivity contribution in [2.24, 2.45) is 4.99 Å². The summed E-state index contributed by atoms with van der Waals surface area (Å²) in [7, 11) is 1.45. The molecule has 0 aliphatic carbocycles. The molecule has 0 unspecified atom stereocenters. The fraction of sp³-hybridized carbons (Fsp3) is 0.130. The monoisotopic (exact) mass is 449 g/mol. The molecule has 1 amide bonds. The van der Waals surface area contributed by atoms with Crippen molar-refractivity contribution in [2.45, 2.75) is 6.92 Å². The molecule has 1 aliphatic heterocycles. The number of hydrogen-bond acceptors (Lipinski definition) is 7. The molecular weight excluding hydrogens is 430 g/mol. The third kappa shape index (κ3) is 4.28. The zero-order valence-electron chi connectivity index (χ0n) is 17.3. The van der Waals surface area contributed by atoms with Crippen molar-refractivity contribution in [1.29, 1.82) is 0 Å². The average Bonchev–Trinajstić information content (AvgIpc) is 3.38. The molecule has 1 aromatic heterocycles. The molecule has 0 spiro atoms. The Morgan fingerprint density at radius 3 is 2.66 bits per heavy atom. The van der Waals surface area contributed by atoms with Gasteiger partial charge in [0.15, 0.2) is 5.17 Å². The van der Waals surface area contributed by atoms with Gasteiger partial charge < -0.3 is 9.15 Å². The van der Waals surface area contributed by atoms with Gasteiger partial charge in [-0.25, -0.2) is 4.99 Å². The zero-order valence-corrected chi connectivity index (χ0v) is 18.2. The number of carbonyl (C=O) groups excluding carboxylic acids is 1. The lowest BCUT2D eigenvalue weighted by atomic mass is 10.1. The first-order valence-corrected chi connectivity index (χ1v) is 10.6. The van der Waals surface area contributed by atoms with Crippen LogP contribution >= 0.6 is 11.8 Å². The summed E-state index contributed by atoms with van der Waals surface area (Å²) in [6.45, 7) is 2.37. The van der Waals surface area contributed by atoms with E-state index in [-0.39, 0.29) is 11.6 Å². The summed E-state index contributed by atoms with van der Waals surface area (Å²) in [6.07, 6.45) is 1.63. The summed E-state index contributed by atoms with van der Waals surface area (Å²) in [4.78, 5) is 30.5. The number of thioether (sulfide) groups is 1. The van der Waals surface area contributed by atoms with E-state index in [1.807, 2.05) is 37.3 Å². The van der Waals surface area contributed by atoms with Gasteiger partial charge in [0.1, 0.15) is 17.3 Å². The Hall–Kier alpha value is -3.85. The van der Waals surface area contributed by atoms with Crippen molar-refractivity contribution in [1.82, 2.24) is 4.90 Å². The van der Waals surface area contributed by atoms with E-state index in [2.05, 4.69) is 4.99 Å². The van der Waals surface area contributed by atoms with Crippen molar-refractivity contribution >= 4 is 40.3 Å². The molecule has 0 saturated carbocycles. The molecule has 0 atom stereocenters. The van der Waals surface area contributed by atoms with Crippen LogP contribution in [0.5, 0.6) is 5.75 Å². The van der Waals surface area contributed by atoms with Crippen LogP contribution in [0.3, 0.4) is 0 Å². The Balaban J connectivity index is 1.64. The molecule has 9 heteroatoms. The van der Waals surface area contributed by atoms with Crippen molar-refractivity contribution in [3.8, 4) is 17.1 Å². The van der Waals surface area contributed by atoms with Gasteiger partial charge in [0.05, 0.1) is 34.3 Å². The van der Waals surface area contributed by atoms with Crippen LogP contribution in [0.1, 0.15) is 12.7 Å². The summed E-state index contributed by atoms with van der Waals surface area (Å²) >= 11 is 1.26. The number of nitrogens with zero attached hydrogens (tertiary/aromatic N) is 3. The smallest absolute Gasteiger partial charge is 0.284 e. The number of nitro groups is 1. The fourth-order valence-electron chi connectivity index (χ4n) is 3.19. The Labute approximate surface area is 188 Å². The largest absolute Gasteiger partial charge is 0.497 e. The maximum absolute atomic E-state index is 12.8. The minimum Gasteiger partial charge on any atom is -0.497 e. The maximum Gasteiger partial charge on any atom is 0.284 e. The van der Waals surface area contributed by atoms with Crippen LogP contribution < -0.4 is 4.74 Å². The van der Waals surface area contributed by atoms with Crippen LogP contribution in [0.2, 0.25) is 0 Å². The summed E-state index contributed by atoms with van der Waals surface area (Å²) in [5, 5.41) is 12.1. The molecule has 8 nitrogen and oxygen atoms in total. The summed E-state index contributed by atoms with van der Waals surface area (Å²) in [6, 6.07) is 17.3. The second-order valence-electron chi connectivity index (χ2n) is 6.73. The van der Waals surface area contributed by atoms with Gasteiger partial charge in [-0.3, -0.25) is 19.8 Å². The van der Waals surface area contributed by atoms with E-state index in [1.165, 1.54) is 24.9 Å². The van der Waals surface area contributed by atoms with Crippen LogP contribution in [0.4, 0.5) is 11.4 Å². The summed E-state index contributed by atoms with van der Waals surface area (Å²) in [5.74, 6) is 0.956. The van der Waals surface area contributed by atoms with Gasteiger partial charge in [0, 0.05) is 12.6 Å². The number of amides is 1. The molecule has 1 aliphatic rings. The van der Waals surface area contributed by atoms with Crippen LogP contribution in [0, 0.1) is 10.1 Å². The number of likely N-dealkylation sites (N-methyl/N-ethyl adjacent to an activating group) is 1. The van der Waals surface area contributed by atoms with Crippen LogP contribution in [0.15, 0.2) is 75.0 Å². The molecular formula is C23H19N3O5S. The Morgan fingerprint density at radius 2 is 1.97 bits per heavy atom. The highest BCUT2D eigenvalue weighted by molar-refractivity contribution is 8.18. The number of carbonyl (C=O) groups is 1. The molecule has 0 radical (unpaired) electrons. The number of amidine groups is 1. The van der Waals surface area contributed by atoms with Gasteiger partial charge in [0.2, 0.25) is 0 Å². The van der Waals surface area contributed by atoms with Crippen molar-refractivity contribution in [3.63, 3.8) is 0 Å². The van der Waals surface area contributed by atoms with Gasteiger partial charge in [-0.15, -0.1) is 0 Å². The first-order valence-electron chi connectivity index (χ1n) is 9.78. The molecule has 4 rings (SSSR count). The van der Waals surface area contributed by atoms with Crippen LogP contribution in [0.25, 0.3) is 17.4 Å². The number of para-hydroxylation sites is 1. The van der Waals surface area contributed by atoms with E-state index in [0.717, 1.165) is 5.69 Å². The second-order valence-corrected chi connectivity index (χ2v) is 7.74. The quantitative estimate of drug-likeness (QED) is 0.280. The van der Waals surface area contributed by atoms with Gasteiger partial charge >= 0.3 is 0 Å². The highest BCUT2D eigenvalue weighted by Gasteiger charge is 2.32. The predicted octanol–water partition coefficient (Wildman–Crippen LogP) is 5.49. The van der Waals surface area contributed by atoms with E-state index < -0.39 is 4.92 Å². The van der Waals surface area contributed by atoms with E-state index >= 15 is 0 Å². The molecule has 2 heterocycles. The second kappa shape index (κ2) is 9.11. The first kappa shape index (κ1) is 21.4. The number of furan rings is 1. The molecule has 1 fully saturated rings. The van der Waals surface area contributed by atoms with Gasteiger partial charge in [0.25, 0.3) is 11.6 Å². The lowest BCUT2D eigenvalue weighted by molar-refractivity contribution is -0.384. The van der Waals surface area contributed by atoms with Crippen LogP contribution in [-0.4, -0.2) is 34.6 Å². The lowest BCUT2D eigenvalue weighted by Gasteiger charge is -2.11. The fourth-order valence-corrected chi connectivity index (χ4v) is 4.23. The third-order valence-corrected chi connectivity index (χ3v) is 5.76. The number of aliphatic imine (C=N–C) groups is 1. The number of ether oxygens (including phenoxy) is 1. The minimum absolute atomic E-state index is 0.126. The molecule has 0 bridgehead atoms. The van der Waals surface area contributed by atoms with Crippen molar-refractivity contribution < 1.29 is 18.9 Å². The van der Waals surface area contributed by atoms with Crippen molar-refractivity contribution in [2.75, 3.05) is 13.7 Å². The normalized spacial score (nSPS) is 16.2. The Bertz CT molecular complexity index is 1230. The Kier molecular flexibility index (Phi) is 6.09. The first-order chi connectivity index (χ1) is 15.5. The van der Waals surface area contributed by atoms with Gasteiger partial charge in [-0.1, -0.05) is 18.2 Å². The Morgan fingerprint density at radius 1 is 1.19 bits per heavy atom. The number of nitro benzene ring substituents is 1. The highest BCUT2D eigenvalue weighted by Crippen LogP contribution is 2.37. The van der Waals surface area contributed by atoms with Gasteiger partial charge in [-0.2, -0.15) is 0 Å². The molecule has 162 valence electrons. The summed E-state index contributed by atoms with van der Waals surface area (Å²) < 4.78 is 10.9. The number of methoxy groups -OCH3 is 1. The summed E-state index contributed by atoms with van der Waals surface area (Å²) in [5.41, 5.74) is 0.959. The molecule has 32 heavy (non-hydrogen) atoms. The van der Waals surface area contributed by atoms with Gasteiger partial charge in [-0.05, 0) is 55.1 Å². The standard InChI is InChI=1S/C23H19N3O5S/c1-3-25-22(27)21(32-23(25)24-15-7-5-4-6-8-15)14-17-10-12-20(31-17)18-11-9-16(30-2)13-19(18)26(28)29/h4-14H,3H2,1-2H3/b21-14-,24-23?. The maximum atomic E-state index is 12.8. The number of hydrogen-bond donors (Lipinski definition) is 0. The van der Waals surface area contributed by atoms with E-state index in [9.17, 15) is 14.9 Å². The average molecular weight is 449 g/mol. The predicted molar refractivity (Wildman–Crippen MR) is 124 cm³/mol. The molecule has 3 aromatic rings. The van der Waals surface area contributed by atoms with Crippen LogP contribution in [-0.2, 0) is 4.79 Å². The molecule has 0 N–H and O–H groups in total. The molecule has 1 saturated heterocycles. The van der Waals surface area contributed by atoms with E-state index in [4.69, 9.17) is 9.15 Å². The highest BCUT2D eigenvalue weighted by atomic mass is 32.2. The van der Waals surface area contributed by atoms with E-state index in [0.29, 0.717) is 39.5 Å². The minimum atomic E-state index is -0.486. The lowest BCUT2D eigenvalue weighted by Crippen LogP contribution is -2.28. The number of rotatable bonds is 6. The topological polar surface area (TPSA) is 98.2 Å². The molecule has 2 aromatic carbocycles.